The Labute approximate surface area is 188 Å². The Bertz CT molecular complexity index is 926. The van der Waals surface area contributed by atoms with Crippen molar-refractivity contribution in [3.63, 3.8) is 0 Å². The van der Waals surface area contributed by atoms with E-state index in [0.717, 1.165) is 18.4 Å². The topological polar surface area (TPSA) is 94.2 Å². The molecule has 3 rings (SSSR count). The number of esters is 1. The van der Waals surface area contributed by atoms with E-state index in [1.54, 1.807) is 42.2 Å². The molecule has 2 aliphatic rings. The van der Waals surface area contributed by atoms with Crippen molar-refractivity contribution < 1.29 is 28.6 Å². The summed E-state index contributed by atoms with van der Waals surface area (Å²) in [7, 11) is 1.30. The number of methoxy groups -OCH3 is 1. The van der Waals surface area contributed by atoms with Gasteiger partial charge in [0.25, 0.3) is 11.8 Å². The predicted octanol–water partition coefficient (Wildman–Crippen LogP) is 2.44. The third kappa shape index (κ3) is 5.56. The Balaban J connectivity index is 1.77. The fourth-order valence-electron chi connectivity index (χ4n) is 3.78. The first-order valence-electron chi connectivity index (χ1n) is 10.8. The minimum absolute atomic E-state index is 0.0310. The fourth-order valence-corrected chi connectivity index (χ4v) is 3.78. The lowest BCUT2D eigenvalue weighted by atomic mass is 10.0. The van der Waals surface area contributed by atoms with E-state index < -0.39 is 5.97 Å². The lowest BCUT2D eigenvalue weighted by Gasteiger charge is -2.21. The minimum atomic E-state index is -0.548. The molecule has 2 aliphatic heterocycles. The van der Waals surface area contributed by atoms with E-state index in [4.69, 9.17) is 14.2 Å². The van der Waals surface area contributed by atoms with Gasteiger partial charge in [-0.3, -0.25) is 9.59 Å². The summed E-state index contributed by atoms with van der Waals surface area (Å²) >= 11 is 0. The molecule has 2 heterocycles. The highest BCUT2D eigenvalue weighted by Gasteiger charge is 2.38. The highest BCUT2D eigenvalue weighted by Crippen LogP contribution is 2.33. The summed E-state index contributed by atoms with van der Waals surface area (Å²) < 4.78 is 16.1. The van der Waals surface area contributed by atoms with Gasteiger partial charge in [0.05, 0.1) is 30.9 Å². The van der Waals surface area contributed by atoms with Crippen LogP contribution in [0.25, 0.3) is 6.08 Å². The Morgan fingerprint density at radius 2 is 2.00 bits per heavy atom. The molecule has 1 N–H and O–H groups in total. The number of amides is 2. The predicted molar refractivity (Wildman–Crippen MR) is 119 cm³/mol. The molecule has 1 fully saturated rings. The highest BCUT2D eigenvalue weighted by molar-refractivity contribution is 6.16. The molecule has 32 heavy (non-hydrogen) atoms. The van der Waals surface area contributed by atoms with Crippen molar-refractivity contribution in [1.82, 2.24) is 10.2 Å². The molecule has 1 atom stereocenters. The SMILES string of the molecule is COC(=O)C1=C(C)N(C[C@@H]2CCCO2)C(=O)/C1=C\c1ccc(OCC(=O)NC(C)C)cc1. The van der Waals surface area contributed by atoms with E-state index in [9.17, 15) is 14.4 Å². The maximum atomic E-state index is 13.2. The quantitative estimate of drug-likeness (QED) is 0.491. The van der Waals surface area contributed by atoms with Crippen LogP contribution in [0.2, 0.25) is 0 Å². The lowest BCUT2D eigenvalue weighted by molar-refractivity contribution is -0.136. The molecule has 0 bridgehead atoms. The smallest absolute Gasteiger partial charge is 0.340 e. The summed E-state index contributed by atoms with van der Waals surface area (Å²) in [5, 5.41) is 2.76. The molecule has 1 aromatic carbocycles. The van der Waals surface area contributed by atoms with Crippen molar-refractivity contribution in [2.45, 2.75) is 45.8 Å². The number of carbonyl (C=O) groups excluding carboxylic acids is 3. The lowest BCUT2D eigenvalue weighted by Crippen LogP contribution is -2.34. The maximum Gasteiger partial charge on any atom is 0.340 e. The summed E-state index contributed by atoms with van der Waals surface area (Å²) in [6.07, 6.45) is 3.50. The molecule has 1 saturated heterocycles. The zero-order chi connectivity index (χ0) is 23.3. The van der Waals surface area contributed by atoms with Crippen molar-refractivity contribution in [2.75, 3.05) is 26.9 Å². The minimum Gasteiger partial charge on any atom is -0.484 e. The third-order valence-corrected chi connectivity index (χ3v) is 5.32. The zero-order valence-corrected chi connectivity index (χ0v) is 19.0. The van der Waals surface area contributed by atoms with Gasteiger partial charge in [0, 0.05) is 18.3 Å². The van der Waals surface area contributed by atoms with Crippen LogP contribution >= 0.6 is 0 Å². The van der Waals surface area contributed by atoms with Crippen molar-refractivity contribution in [1.29, 1.82) is 0 Å². The van der Waals surface area contributed by atoms with Gasteiger partial charge in [-0.1, -0.05) is 12.1 Å². The van der Waals surface area contributed by atoms with Crippen molar-refractivity contribution in [2.24, 2.45) is 0 Å². The summed E-state index contributed by atoms with van der Waals surface area (Å²) in [6.45, 7) is 6.53. The number of ether oxygens (including phenoxy) is 3. The van der Waals surface area contributed by atoms with Crippen LogP contribution in [0, 0.1) is 0 Å². The normalized spacial score (nSPS) is 19.8. The van der Waals surface area contributed by atoms with Gasteiger partial charge in [-0.15, -0.1) is 0 Å². The Hall–Kier alpha value is -3.13. The van der Waals surface area contributed by atoms with Gasteiger partial charge in [0.2, 0.25) is 0 Å². The molecule has 8 nitrogen and oxygen atoms in total. The summed E-state index contributed by atoms with van der Waals surface area (Å²) in [5.41, 5.74) is 1.85. The summed E-state index contributed by atoms with van der Waals surface area (Å²) in [6, 6.07) is 7.01. The van der Waals surface area contributed by atoms with Gasteiger partial charge in [-0.05, 0) is 57.4 Å². The van der Waals surface area contributed by atoms with Crippen molar-refractivity contribution >= 4 is 23.9 Å². The average Bonchev–Trinajstić information content (AvgIpc) is 3.35. The van der Waals surface area contributed by atoms with Gasteiger partial charge < -0.3 is 24.4 Å². The molecule has 0 aliphatic carbocycles. The fraction of sp³-hybridized carbons (Fsp3) is 0.458. The van der Waals surface area contributed by atoms with Crippen molar-refractivity contribution in [3.8, 4) is 5.75 Å². The maximum absolute atomic E-state index is 13.2. The highest BCUT2D eigenvalue weighted by atomic mass is 16.5. The number of benzene rings is 1. The van der Waals surface area contributed by atoms with Crippen LogP contribution in [0.5, 0.6) is 5.75 Å². The molecule has 172 valence electrons. The van der Waals surface area contributed by atoms with E-state index in [0.29, 0.717) is 24.6 Å². The van der Waals surface area contributed by atoms with Crippen LogP contribution in [0.15, 0.2) is 41.1 Å². The van der Waals surface area contributed by atoms with Gasteiger partial charge in [-0.25, -0.2) is 4.79 Å². The number of rotatable bonds is 8. The first-order valence-corrected chi connectivity index (χ1v) is 10.8. The van der Waals surface area contributed by atoms with Gasteiger partial charge >= 0.3 is 5.97 Å². The van der Waals surface area contributed by atoms with Crippen LogP contribution in [-0.2, 0) is 23.9 Å². The van der Waals surface area contributed by atoms with E-state index in [2.05, 4.69) is 5.32 Å². The monoisotopic (exact) mass is 442 g/mol. The standard InChI is InChI=1S/C24H30N2O6/c1-15(2)25-21(27)14-32-18-9-7-17(8-10-18)12-20-22(24(29)30-4)16(3)26(23(20)28)13-19-6-5-11-31-19/h7-10,12,15,19H,5-6,11,13-14H2,1-4H3,(H,25,27)/b20-12-/t19-/m0/s1. The Kier molecular flexibility index (Phi) is 7.69. The molecule has 0 spiro atoms. The molecule has 8 heteroatoms. The number of allylic oxidation sites excluding steroid dienone is 1. The van der Waals surface area contributed by atoms with E-state index in [-0.39, 0.29) is 41.7 Å². The molecule has 2 amide bonds. The second-order valence-electron chi connectivity index (χ2n) is 8.14. The van der Waals surface area contributed by atoms with Crippen LogP contribution in [-0.4, -0.2) is 61.7 Å². The molecule has 0 unspecified atom stereocenters. The van der Waals surface area contributed by atoms with Crippen LogP contribution in [0.1, 0.15) is 39.2 Å². The molecule has 1 aromatic rings. The number of hydrogen-bond acceptors (Lipinski definition) is 6. The number of carbonyl (C=O) groups is 3. The largest absolute Gasteiger partial charge is 0.484 e. The van der Waals surface area contributed by atoms with Gasteiger partial charge in [0.1, 0.15) is 5.75 Å². The van der Waals surface area contributed by atoms with Crippen LogP contribution in [0.4, 0.5) is 0 Å². The first kappa shape index (κ1) is 23.5. The van der Waals surface area contributed by atoms with E-state index >= 15 is 0 Å². The summed E-state index contributed by atoms with van der Waals surface area (Å²) in [4.78, 5) is 38.9. The number of nitrogens with one attached hydrogen (secondary N) is 1. The van der Waals surface area contributed by atoms with Crippen LogP contribution < -0.4 is 10.1 Å². The Morgan fingerprint density at radius 1 is 1.28 bits per heavy atom. The Morgan fingerprint density at radius 3 is 2.59 bits per heavy atom. The number of nitrogens with zero attached hydrogens (tertiary/aromatic N) is 1. The summed E-state index contributed by atoms with van der Waals surface area (Å²) in [5.74, 6) is -0.460. The third-order valence-electron chi connectivity index (χ3n) is 5.32. The average molecular weight is 443 g/mol. The van der Waals surface area contributed by atoms with E-state index in [1.807, 2.05) is 13.8 Å². The second-order valence-corrected chi connectivity index (χ2v) is 8.14. The van der Waals surface area contributed by atoms with Crippen molar-refractivity contribution in [3.05, 3.63) is 46.7 Å². The van der Waals surface area contributed by atoms with Crippen LogP contribution in [0.3, 0.4) is 0 Å². The molecule has 0 saturated carbocycles. The zero-order valence-electron chi connectivity index (χ0n) is 19.0. The molecule has 0 radical (unpaired) electrons. The van der Waals surface area contributed by atoms with Gasteiger partial charge in [0.15, 0.2) is 6.61 Å². The second kappa shape index (κ2) is 10.5. The number of hydrogen-bond donors (Lipinski definition) is 1. The van der Waals surface area contributed by atoms with E-state index in [1.165, 1.54) is 7.11 Å². The molecular formula is C24H30N2O6. The molecular weight excluding hydrogens is 412 g/mol. The first-order chi connectivity index (χ1) is 15.3. The van der Waals surface area contributed by atoms with Gasteiger partial charge in [-0.2, -0.15) is 0 Å². The molecule has 0 aromatic heterocycles.